The summed E-state index contributed by atoms with van der Waals surface area (Å²) in [5.41, 5.74) is 0.397. The largest absolute Gasteiger partial charge is 0.475 e. The molecule has 0 aliphatic carbocycles. The molecule has 2 rings (SSSR count). The normalized spacial score (nSPS) is 10.7. The Balaban J connectivity index is 2.09. The van der Waals surface area contributed by atoms with E-state index >= 15 is 0 Å². The minimum absolute atomic E-state index is 0.102. The van der Waals surface area contributed by atoms with Crippen LogP contribution in [0.3, 0.4) is 0 Å². The van der Waals surface area contributed by atoms with Crippen molar-refractivity contribution in [2.45, 2.75) is 19.9 Å². The summed E-state index contributed by atoms with van der Waals surface area (Å²) in [6.07, 6.45) is 3.16. The summed E-state index contributed by atoms with van der Waals surface area (Å²) in [4.78, 5) is 22.4. The molecule has 0 spiro atoms. The Morgan fingerprint density at radius 3 is 2.74 bits per heavy atom. The quantitative estimate of drug-likeness (QED) is 0.863. The average molecular weight is 264 g/mol. The zero-order valence-electron chi connectivity index (χ0n) is 10.3. The van der Waals surface area contributed by atoms with Gasteiger partial charge in [-0.15, -0.1) is 0 Å². The van der Waals surface area contributed by atoms with E-state index in [1.54, 1.807) is 10.9 Å². The molecule has 8 heteroatoms. The Labute approximate surface area is 108 Å². The molecule has 0 saturated carbocycles. The number of carbonyl (C=O) groups excluding carboxylic acids is 1. The van der Waals surface area contributed by atoms with E-state index < -0.39 is 11.9 Å². The highest BCUT2D eigenvalue weighted by molar-refractivity contribution is 6.03. The van der Waals surface area contributed by atoms with Gasteiger partial charge in [-0.2, -0.15) is 5.10 Å². The lowest BCUT2D eigenvalue weighted by Crippen LogP contribution is -2.11. The highest BCUT2D eigenvalue weighted by atomic mass is 16.5. The van der Waals surface area contributed by atoms with Crippen LogP contribution in [0.1, 0.15) is 40.9 Å². The molecule has 8 nitrogen and oxygen atoms in total. The molecule has 0 radical (unpaired) electrons. The van der Waals surface area contributed by atoms with Gasteiger partial charge in [-0.05, 0) is 13.8 Å². The molecule has 0 saturated heterocycles. The maximum atomic E-state index is 11.8. The summed E-state index contributed by atoms with van der Waals surface area (Å²) >= 11 is 0. The van der Waals surface area contributed by atoms with E-state index in [-0.39, 0.29) is 17.5 Å². The van der Waals surface area contributed by atoms with E-state index in [4.69, 9.17) is 5.11 Å². The molecule has 0 aromatic carbocycles. The predicted octanol–water partition coefficient (Wildman–Crippen LogP) is 1.40. The Bertz CT molecular complexity index is 614. The number of hydrogen-bond acceptors (Lipinski definition) is 5. The maximum absolute atomic E-state index is 11.8. The van der Waals surface area contributed by atoms with Crippen LogP contribution >= 0.6 is 0 Å². The summed E-state index contributed by atoms with van der Waals surface area (Å²) in [7, 11) is 0. The number of aromatic nitrogens is 3. The lowest BCUT2D eigenvalue weighted by molar-refractivity contribution is 0.0651. The number of rotatable bonds is 4. The van der Waals surface area contributed by atoms with Crippen LogP contribution < -0.4 is 5.32 Å². The highest BCUT2D eigenvalue weighted by Crippen LogP contribution is 2.12. The van der Waals surface area contributed by atoms with E-state index in [1.165, 1.54) is 6.20 Å². The van der Waals surface area contributed by atoms with Gasteiger partial charge in [0, 0.05) is 18.3 Å². The number of carbonyl (C=O) groups is 2. The third-order valence-corrected chi connectivity index (χ3v) is 2.34. The van der Waals surface area contributed by atoms with Gasteiger partial charge < -0.3 is 14.9 Å². The molecular weight excluding hydrogens is 252 g/mol. The van der Waals surface area contributed by atoms with Crippen molar-refractivity contribution < 1.29 is 19.2 Å². The number of nitrogens with one attached hydrogen (secondary N) is 1. The van der Waals surface area contributed by atoms with Gasteiger partial charge in [-0.1, -0.05) is 5.16 Å². The molecule has 2 heterocycles. The van der Waals surface area contributed by atoms with Crippen LogP contribution in [-0.2, 0) is 0 Å². The SMILES string of the molecule is CC(C)n1cc(NC(=O)c2cc(C(=O)O)on2)cn1. The first-order chi connectivity index (χ1) is 8.97. The summed E-state index contributed by atoms with van der Waals surface area (Å²) in [5, 5.41) is 18.6. The summed E-state index contributed by atoms with van der Waals surface area (Å²) in [5.74, 6) is -2.22. The number of amides is 1. The van der Waals surface area contributed by atoms with Gasteiger partial charge >= 0.3 is 5.97 Å². The molecule has 2 aromatic rings. The van der Waals surface area contributed by atoms with Crippen molar-refractivity contribution in [2.75, 3.05) is 5.32 Å². The van der Waals surface area contributed by atoms with Crippen LogP contribution in [0.5, 0.6) is 0 Å². The van der Waals surface area contributed by atoms with Crippen LogP contribution in [0.25, 0.3) is 0 Å². The minimum Gasteiger partial charge on any atom is -0.475 e. The van der Waals surface area contributed by atoms with Crippen molar-refractivity contribution in [1.29, 1.82) is 0 Å². The first-order valence-electron chi connectivity index (χ1n) is 5.53. The lowest BCUT2D eigenvalue weighted by atomic mass is 10.3. The monoisotopic (exact) mass is 264 g/mol. The third-order valence-electron chi connectivity index (χ3n) is 2.34. The Morgan fingerprint density at radius 1 is 1.47 bits per heavy atom. The molecule has 0 unspecified atom stereocenters. The van der Waals surface area contributed by atoms with Crippen molar-refractivity contribution in [2.24, 2.45) is 0 Å². The van der Waals surface area contributed by atoms with E-state index in [2.05, 4.69) is 20.1 Å². The maximum Gasteiger partial charge on any atom is 0.374 e. The molecule has 100 valence electrons. The van der Waals surface area contributed by atoms with Gasteiger partial charge in [0.15, 0.2) is 5.69 Å². The number of carboxylic acid groups (broad SMARTS) is 1. The number of anilines is 1. The second kappa shape index (κ2) is 4.92. The first-order valence-corrected chi connectivity index (χ1v) is 5.53. The van der Waals surface area contributed by atoms with Gasteiger partial charge in [0.05, 0.1) is 11.9 Å². The average Bonchev–Trinajstić information content (AvgIpc) is 2.96. The number of aromatic carboxylic acids is 1. The Hall–Kier alpha value is -2.64. The molecule has 0 atom stereocenters. The second-order valence-electron chi connectivity index (χ2n) is 4.14. The molecule has 2 N–H and O–H groups in total. The van der Waals surface area contributed by atoms with Crippen molar-refractivity contribution in [3.8, 4) is 0 Å². The van der Waals surface area contributed by atoms with E-state index in [0.29, 0.717) is 5.69 Å². The van der Waals surface area contributed by atoms with Crippen LogP contribution in [0.15, 0.2) is 23.0 Å². The van der Waals surface area contributed by atoms with Crippen LogP contribution in [0.4, 0.5) is 5.69 Å². The van der Waals surface area contributed by atoms with Gasteiger partial charge in [0.2, 0.25) is 5.76 Å². The zero-order valence-corrected chi connectivity index (χ0v) is 10.3. The smallest absolute Gasteiger partial charge is 0.374 e. The summed E-state index contributed by atoms with van der Waals surface area (Å²) < 4.78 is 6.18. The molecule has 0 bridgehead atoms. The number of nitrogens with zero attached hydrogens (tertiary/aromatic N) is 3. The zero-order chi connectivity index (χ0) is 14.0. The molecule has 19 heavy (non-hydrogen) atoms. The van der Waals surface area contributed by atoms with Gasteiger partial charge in [-0.3, -0.25) is 9.48 Å². The molecule has 0 fully saturated rings. The molecule has 0 aliphatic heterocycles. The highest BCUT2D eigenvalue weighted by Gasteiger charge is 2.17. The van der Waals surface area contributed by atoms with Gasteiger partial charge in [0.1, 0.15) is 0 Å². The first kappa shape index (κ1) is 12.8. The summed E-state index contributed by atoms with van der Waals surface area (Å²) in [6, 6.07) is 1.24. The van der Waals surface area contributed by atoms with E-state index in [0.717, 1.165) is 6.07 Å². The van der Waals surface area contributed by atoms with Gasteiger partial charge in [-0.25, -0.2) is 4.79 Å². The Morgan fingerprint density at radius 2 is 2.21 bits per heavy atom. The van der Waals surface area contributed by atoms with Crippen LogP contribution in [0.2, 0.25) is 0 Å². The number of carboxylic acids is 1. The van der Waals surface area contributed by atoms with Crippen LogP contribution in [0, 0.1) is 0 Å². The topological polar surface area (TPSA) is 110 Å². The van der Waals surface area contributed by atoms with Crippen LogP contribution in [-0.4, -0.2) is 31.9 Å². The van der Waals surface area contributed by atoms with E-state index in [1.807, 2.05) is 13.8 Å². The lowest BCUT2D eigenvalue weighted by Gasteiger charge is -2.03. The molecular formula is C11H12N4O4. The van der Waals surface area contributed by atoms with Crippen molar-refractivity contribution in [3.05, 3.63) is 29.9 Å². The number of hydrogen-bond donors (Lipinski definition) is 2. The molecule has 1 amide bonds. The van der Waals surface area contributed by atoms with Crippen molar-refractivity contribution in [3.63, 3.8) is 0 Å². The Kier molecular flexibility index (Phi) is 3.32. The summed E-state index contributed by atoms with van der Waals surface area (Å²) in [6.45, 7) is 3.91. The fraction of sp³-hybridized carbons (Fsp3) is 0.273. The standard InChI is InChI=1S/C11H12N4O4/c1-6(2)15-5-7(4-12-15)13-10(16)8-3-9(11(17)18)19-14-8/h3-6H,1-2H3,(H,13,16)(H,17,18). The van der Waals surface area contributed by atoms with Crippen molar-refractivity contribution >= 4 is 17.6 Å². The third kappa shape index (κ3) is 2.79. The fourth-order valence-electron chi connectivity index (χ4n) is 1.36. The predicted molar refractivity (Wildman–Crippen MR) is 64.0 cm³/mol. The fourth-order valence-corrected chi connectivity index (χ4v) is 1.36. The van der Waals surface area contributed by atoms with E-state index in [9.17, 15) is 9.59 Å². The van der Waals surface area contributed by atoms with Gasteiger partial charge in [0.25, 0.3) is 5.91 Å². The molecule has 0 aliphatic rings. The minimum atomic E-state index is -1.28. The van der Waals surface area contributed by atoms with Crippen molar-refractivity contribution in [1.82, 2.24) is 14.9 Å². The second-order valence-corrected chi connectivity index (χ2v) is 4.14. The molecule has 2 aromatic heterocycles.